The molecule has 1 saturated carbocycles. The van der Waals surface area contributed by atoms with Crippen LogP contribution in [0.25, 0.3) is 0 Å². The Morgan fingerprint density at radius 1 is 1.21 bits per heavy atom. The van der Waals surface area contributed by atoms with Crippen LogP contribution in [0, 0.1) is 32.1 Å². The first-order valence-corrected chi connectivity index (χ1v) is 12.7. The molecule has 2 N–H and O–H groups in total. The molecule has 178 valence electrons. The second-order valence-corrected chi connectivity index (χ2v) is 11.4. The Morgan fingerprint density at radius 3 is 2.58 bits per heavy atom. The lowest BCUT2D eigenvalue weighted by Gasteiger charge is -2.14. The molecule has 4 rings (SSSR count). The van der Waals surface area contributed by atoms with E-state index in [1.807, 2.05) is 13.8 Å². The second-order valence-electron chi connectivity index (χ2n) is 10.2. The molecule has 0 spiro atoms. The van der Waals surface area contributed by atoms with E-state index < -0.39 is 6.61 Å². The Hall–Kier alpha value is -2.18. The van der Waals surface area contributed by atoms with Crippen LogP contribution in [0.2, 0.25) is 0 Å². The Bertz CT molecular complexity index is 1060. The molecular formula is C27H35NO4S. The van der Waals surface area contributed by atoms with E-state index in [2.05, 4.69) is 38.2 Å². The summed E-state index contributed by atoms with van der Waals surface area (Å²) in [6.07, 6.45) is 3.02. The highest BCUT2D eigenvalue weighted by atomic mass is 32.1. The molecule has 2 aliphatic carbocycles. The van der Waals surface area contributed by atoms with Gasteiger partial charge in [-0.1, -0.05) is 26.0 Å². The van der Waals surface area contributed by atoms with Crippen LogP contribution in [0.4, 0.5) is 0 Å². The number of fused-ring (bicyclic) bond motifs is 3. The van der Waals surface area contributed by atoms with Gasteiger partial charge in [0, 0.05) is 17.8 Å². The standard InChI is InChI=1S/C27H35NO4S/c1-15-11-18(12-16(2)25(15)32-10-6-9-28-22(31)14-29)7-8-21(30)26-19-13-20-24(27(20,4)5)23(19)17(3)33-26/h11-12,20,24,29H,6-10,13-14H2,1-5H3,(H,28,31)/t20-,24-/m1/s1. The lowest BCUT2D eigenvalue weighted by molar-refractivity contribution is -0.123. The highest BCUT2D eigenvalue weighted by molar-refractivity contribution is 7.14. The van der Waals surface area contributed by atoms with Crippen molar-refractivity contribution >= 4 is 23.0 Å². The molecule has 6 heteroatoms. The third kappa shape index (κ3) is 4.60. The zero-order chi connectivity index (χ0) is 23.9. The maximum atomic E-state index is 13.1. The first-order valence-electron chi connectivity index (χ1n) is 11.9. The van der Waals surface area contributed by atoms with Crippen LogP contribution in [0.1, 0.15) is 75.0 Å². The van der Waals surface area contributed by atoms with Crippen LogP contribution in [-0.4, -0.2) is 36.6 Å². The van der Waals surface area contributed by atoms with Crippen molar-refractivity contribution in [3.63, 3.8) is 0 Å². The molecule has 0 radical (unpaired) electrons. The zero-order valence-corrected chi connectivity index (χ0v) is 21.2. The number of carbonyl (C=O) groups is 2. The van der Waals surface area contributed by atoms with Gasteiger partial charge in [0.25, 0.3) is 0 Å². The van der Waals surface area contributed by atoms with Crippen molar-refractivity contribution in [2.24, 2.45) is 11.3 Å². The van der Waals surface area contributed by atoms with Gasteiger partial charge in [0.15, 0.2) is 5.78 Å². The van der Waals surface area contributed by atoms with Crippen molar-refractivity contribution in [1.29, 1.82) is 0 Å². The summed E-state index contributed by atoms with van der Waals surface area (Å²) < 4.78 is 5.94. The maximum absolute atomic E-state index is 13.1. The number of benzene rings is 1. The van der Waals surface area contributed by atoms with Crippen molar-refractivity contribution in [3.05, 3.63) is 49.7 Å². The number of ketones is 1. The van der Waals surface area contributed by atoms with E-state index >= 15 is 0 Å². The van der Waals surface area contributed by atoms with Gasteiger partial charge in [-0.05, 0) is 85.1 Å². The average Bonchev–Trinajstić information content (AvgIpc) is 3.09. The van der Waals surface area contributed by atoms with Crippen LogP contribution >= 0.6 is 11.3 Å². The van der Waals surface area contributed by atoms with E-state index in [-0.39, 0.29) is 11.7 Å². The summed E-state index contributed by atoms with van der Waals surface area (Å²) in [6.45, 7) is 11.4. The predicted molar refractivity (Wildman–Crippen MR) is 132 cm³/mol. The third-order valence-electron chi connectivity index (χ3n) is 7.47. The molecule has 5 nitrogen and oxygen atoms in total. The topological polar surface area (TPSA) is 75.6 Å². The maximum Gasteiger partial charge on any atom is 0.245 e. The molecule has 1 aromatic heterocycles. The summed E-state index contributed by atoms with van der Waals surface area (Å²) >= 11 is 1.71. The van der Waals surface area contributed by atoms with Crippen molar-refractivity contribution < 1.29 is 19.4 Å². The van der Waals surface area contributed by atoms with E-state index in [1.54, 1.807) is 11.3 Å². The minimum atomic E-state index is -0.489. The number of hydrogen-bond acceptors (Lipinski definition) is 5. The van der Waals surface area contributed by atoms with Crippen molar-refractivity contribution in [3.8, 4) is 5.75 Å². The molecule has 1 heterocycles. The lowest BCUT2D eigenvalue weighted by atomic mass is 9.93. The molecule has 0 bridgehead atoms. The number of Topliss-reactive ketones (excluding diaryl/α,β-unsaturated/α-hetero) is 1. The molecule has 2 aromatic rings. The quantitative estimate of drug-likeness (QED) is 0.392. The minimum absolute atomic E-state index is 0.281. The number of thiophene rings is 1. The number of hydrogen-bond donors (Lipinski definition) is 2. The van der Waals surface area contributed by atoms with Gasteiger partial charge < -0.3 is 15.2 Å². The largest absolute Gasteiger partial charge is 0.493 e. The van der Waals surface area contributed by atoms with E-state index in [0.717, 1.165) is 46.1 Å². The summed E-state index contributed by atoms with van der Waals surface area (Å²) in [4.78, 5) is 26.5. The number of aryl methyl sites for hydroxylation is 4. The van der Waals surface area contributed by atoms with Crippen LogP contribution in [0.5, 0.6) is 5.75 Å². The molecule has 1 fully saturated rings. The SMILES string of the molecule is Cc1cc(CCC(=O)c2sc(C)c3c2C[C@@H]2[C@H]3C2(C)C)cc(C)c1OCCCNC(=O)CO. The van der Waals surface area contributed by atoms with Crippen molar-refractivity contribution in [2.45, 2.75) is 66.2 Å². The molecule has 1 aromatic carbocycles. The van der Waals surface area contributed by atoms with E-state index in [4.69, 9.17) is 9.84 Å². The van der Waals surface area contributed by atoms with Gasteiger partial charge in [-0.25, -0.2) is 0 Å². The number of aliphatic hydroxyl groups is 1. The van der Waals surface area contributed by atoms with Crippen LogP contribution in [0.15, 0.2) is 12.1 Å². The summed E-state index contributed by atoms with van der Waals surface area (Å²) in [7, 11) is 0. The van der Waals surface area contributed by atoms with Crippen LogP contribution in [0.3, 0.4) is 0 Å². The summed E-state index contributed by atoms with van der Waals surface area (Å²) in [5.74, 6) is 2.17. The fourth-order valence-electron chi connectivity index (χ4n) is 5.67. The average molecular weight is 470 g/mol. The van der Waals surface area contributed by atoms with Crippen LogP contribution < -0.4 is 10.1 Å². The van der Waals surface area contributed by atoms with Gasteiger partial charge in [-0.2, -0.15) is 0 Å². The van der Waals surface area contributed by atoms with Gasteiger partial charge in [0.05, 0.1) is 11.5 Å². The van der Waals surface area contributed by atoms with Crippen LogP contribution in [-0.2, 0) is 17.6 Å². The minimum Gasteiger partial charge on any atom is -0.493 e. The predicted octanol–water partition coefficient (Wildman–Crippen LogP) is 4.66. The molecular weight excluding hydrogens is 434 g/mol. The first-order chi connectivity index (χ1) is 15.6. The van der Waals surface area contributed by atoms with E-state index in [9.17, 15) is 9.59 Å². The Balaban J connectivity index is 1.33. The number of aliphatic hydroxyl groups excluding tert-OH is 1. The number of nitrogens with one attached hydrogen (secondary N) is 1. The second kappa shape index (κ2) is 9.22. The fraction of sp³-hybridized carbons (Fsp3) is 0.556. The molecule has 0 aliphatic heterocycles. The summed E-state index contributed by atoms with van der Waals surface area (Å²) in [5, 5.41) is 11.3. The highest BCUT2D eigenvalue weighted by Gasteiger charge is 2.63. The van der Waals surface area contributed by atoms with E-state index in [1.165, 1.54) is 16.0 Å². The number of amides is 1. The van der Waals surface area contributed by atoms with Gasteiger partial charge >= 0.3 is 0 Å². The highest BCUT2D eigenvalue weighted by Crippen LogP contribution is 2.71. The Labute approximate surface area is 200 Å². The van der Waals surface area contributed by atoms with Crippen molar-refractivity contribution in [2.75, 3.05) is 19.8 Å². The number of rotatable bonds is 10. The van der Waals surface area contributed by atoms with Crippen molar-refractivity contribution in [1.82, 2.24) is 5.32 Å². The van der Waals surface area contributed by atoms with E-state index in [0.29, 0.717) is 37.3 Å². The zero-order valence-electron chi connectivity index (χ0n) is 20.3. The summed E-state index contributed by atoms with van der Waals surface area (Å²) in [6, 6.07) is 4.23. The fourth-order valence-corrected chi connectivity index (χ4v) is 6.87. The molecule has 2 aliphatic rings. The smallest absolute Gasteiger partial charge is 0.245 e. The Morgan fingerprint density at radius 2 is 1.91 bits per heavy atom. The molecule has 0 saturated heterocycles. The molecule has 2 atom stereocenters. The van der Waals surface area contributed by atoms with Gasteiger partial charge in [0.1, 0.15) is 12.4 Å². The Kier molecular flexibility index (Phi) is 6.70. The summed E-state index contributed by atoms with van der Waals surface area (Å²) in [5.41, 5.74) is 6.53. The van der Waals surface area contributed by atoms with Gasteiger partial charge in [0.2, 0.25) is 5.91 Å². The first kappa shape index (κ1) is 24.0. The number of carbonyl (C=O) groups excluding carboxylic acids is 2. The van der Waals surface area contributed by atoms with Gasteiger partial charge in [-0.15, -0.1) is 11.3 Å². The molecule has 1 amide bonds. The third-order valence-corrected chi connectivity index (χ3v) is 8.67. The number of ether oxygens (including phenoxy) is 1. The monoisotopic (exact) mass is 469 g/mol. The molecule has 33 heavy (non-hydrogen) atoms. The lowest BCUT2D eigenvalue weighted by Crippen LogP contribution is -2.28. The molecule has 0 unspecified atom stereocenters. The normalized spacial score (nSPS) is 19.7. The van der Waals surface area contributed by atoms with Gasteiger partial charge in [-0.3, -0.25) is 9.59 Å².